The first-order chi connectivity index (χ1) is 13.3. The Balaban J connectivity index is 1.80. The number of hydrogen-bond acceptors (Lipinski definition) is 4. The molecule has 0 heterocycles. The Morgan fingerprint density at radius 1 is 1.00 bits per heavy atom. The summed E-state index contributed by atoms with van der Waals surface area (Å²) in [5.41, 5.74) is 1.23. The molecule has 28 heavy (non-hydrogen) atoms. The molecule has 0 bridgehead atoms. The van der Waals surface area contributed by atoms with Gasteiger partial charge in [0, 0.05) is 4.47 Å². The smallest absolute Gasteiger partial charge is 0.335 e. The molecule has 0 saturated heterocycles. The molecule has 2 N–H and O–H groups in total. The van der Waals surface area contributed by atoms with Gasteiger partial charge in [-0.05, 0) is 48.0 Å². The van der Waals surface area contributed by atoms with Gasteiger partial charge in [-0.15, -0.1) is 0 Å². The summed E-state index contributed by atoms with van der Waals surface area (Å²) >= 11 is 3.33. The number of carboxylic acids is 1. The third kappa shape index (κ3) is 4.90. The van der Waals surface area contributed by atoms with Gasteiger partial charge in [-0.1, -0.05) is 46.3 Å². The summed E-state index contributed by atoms with van der Waals surface area (Å²) in [5.74, 6) is -0.650. The van der Waals surface area contributed by atoms with Gasteiger partial charge in [0.25, 0.3) is 10.0 Å². The van der Waals surface area contributed by atoms with Gasteiger partial charge < -0.3 is 9.84 Å². The van der Waals surface area contributed by atoms with Crippen LogP contribution in [0.5, 0.6) is 5.75 Å². The SMILES string of the molecule is O=C(O)c1ccc(COc2ccc(Br)cc2NS(=O)(=O)c2ccccc2)cc1. The van der Waals surface area contributed by atoms with Crippen molar-refractivity contribution in [1.29, 1.82) is 0 Å². The van der Waals surface area contributed by atoms with Crippen molar-refractivity contribution < 1.29 is 23.1 Å². The van der Waals surface area contributed by atoms with Crippen LogP contribution < -0.4 is 9.46 Å². The van der Waals surface area contributed by atoms with E-state index in [1.54, 1.807) is 48.5 Å². The average Bonchev–Trinajstić information content (AvgIpc) is 2.68. The lowest BCUT2D eigenvalue weighted by Gasteiger charge is -2.14. The van der Waals surface area contributed by atoms with E-state index in [9.17, 15) is 13.2 Å². The molecule has 3 rings (SSSR count). The number of anilines is 1. The minimum absolute atomic E-state index is 0.144. The van der Waals surface area contributed by atoms with Crippen LogP contribution in [0.25, 0.3) is 0 Å². The Bertz CT molecular complexity index is 1080. The molecule has 0 aromatic heterocycles. The van der Waals surface area contributed by atoms with E-state index in [4.69, 9.17) is 9.84 Å². The Labute approximate surface area is 171 Å². The minimum atomic E-state index is -3.77. The van der Waals surface area contributed by atoms with Crippen LogP contribution in [0.3, 0.4) is 0 Å². The van der Waals surface area contributed by atoms with Crippen molar-refractivity contribution in [3.8, 4) is 5.75 Å². The first-order valence-corrected chi connectivity index (χ1v) is 10.5. The number of hydrogen-bond donors (Lipinski definition) is 2. The molecule has 0 fully saturated rings. The van der Waals surface area contributed by atoms with Gasteiger partial charge in [0.15, 0.2) is 0 Å². The van der Waals surface area contributed by atoms with Gasteiger partial charge in [-0.25, -0.2) is 13.2 Å². The van der Waals surface area contributed by atoms with Crippen LogP contribution in [0, 0.1) is 0 Å². The van der Waals surface area contributed by atoms with Crippen LogP contribution in [-0.2, 0) is 16.6 Å². The lowest BCUT2D eigenvalue weighted by atomic mass is 10.1. The molecule has 3 aromatic rings. The highest BCUT2D eigenvalue weighted by molar-refractivity contribution is 9.10. The van der Waals surface area contributed by atoms with Crippen molar-refractivity contribution in [2.24, 2.45) is 0 Å². The second-order valence-corrected chi connectivity index (χ2v) is 8.45. The predicted octanol–water partition coefficient (Wildman–Crippen LogP) is 4.53. The van der Waals surface area contributed by atoms with Gasteiger partial charge in [0.1, 0.15) is 12.4 Å². The van der Waals surface area contributed by atoms with Crippen molar-refractivity contribution in [1.82, 2.24) is 0 Å². The number of carboxylic acid groups (broad SMARTS) is 1. The highest BCUT2D eigenvalue weighted by Crippen LogP contribution is 2.31. The lowest BCUT2D eigenvalue weighted by molar-refractivity contribution is 0.0697. The van der Waals surface area contributed by atoms with E-state index in [0.29, 0.717) is 15.9 Å². The lowest BCUT2D eigenvalue weighted by Crippen LogP contribution is -2.13. The van der Waals surface area contributed by atoms with Gasteiger partial charge in [-0.3, -0.25) is 4.72 Å². The number of benzene rings is 3. The zero-order valence-electron chi connectivity index (χ0n) is 14.5. The zero-order valence-corrected chi connectivity index (χ0v) is 16.9. The van der Waals surface area contributed by atoms with E-state index < -0.39 is 16.0 Å². The van der Waals surface area contributed by atoms with Crippen LogP contribution in [0.1, 0.15) is 15.9 Å². The van der Waals surface area contributed by atoms with Crippen LogP contribution in [0.4, 0.5) is 5.69 Å². The zero-order chi connectivity index (χ0) is 20.1. The molecule has 6 nitrogen and oxygen atoms in total. The summed E-state index contributed by atoms with van der Waals surface area (Å²) in [6.45, 7) is 0.154. The van der Waals surface area contributed by atoms with E-state index in [1.165, 1.54) is 24.3 Å². The molecule has 0 radical (unpaired) electrons. The fourth-order valence-electron chi connectivity index (χ4n) is 2.42. The topological polar surface area (TPSA) is 92.7 Å². The molecule has 8 heteroatoms. The Morgan fingerprint density at radius 2 is 1.68 bits per heavy atom. The molecular formula is C20H16BrNO5S. The van der Waals surface area contributed by atoms with Gasteiger partial charge >= 0.3 is 5.97 Å². The van der Waals surface area contributed by atoms with E-state index >= 15 is 0 Å². The Morgan fingerprint density at radius 3 is 2.32 bits per heavy atom. The highest BCUT2D eigenvalue weighted by Gasteiger charge is 2.17. The first kappa shape index (κ1) is 19.9. The van der Waals surface area contributed by atoms with Gasteiger partial charge in [-0.2, -0.15) is 0 Å². The maximum atomic E-state index is 12.6. The fourth-order valence-corrected chi connectivity index (χ4v) is 3.86. The number of carbonyl (C=O) groups is 1. The largest absolute Gasteiger partial charge is 0.487 e. The van der Waals surface area contributed by atoms with E-state index in [2.05, 4.69) is 20.7 Å². The normalized spacial score (nSPS) is 11.0. The molecule has 0 aliphatic rings. The molecule has 0 amide bonds. The number of halogens is 1. The van der Waals surface area contributed by atoms with Crippen LogP contribution in [0.15, 0.2) is 82.2 Å². The molecule has 0 aliphatic carbocycles. The summed E-state index contributed by atoms with van der Waals surface area (Å²) in [4.78, 5) is 11.1. The van der Waals surface area contributed by atoms with E-state index in [-0.39, 0.29) is 17.1 Å². The van der Waals surface area contributed by atoms with Crippen molar-refractivity contribution in [3.05, 3.63) is 88.4 Å². The third-order valence-electron chi connectivity index (χ3n) is 3.83. The van der Waals surface area contributed by atoms with Crippen molar-refractivity contribution in [2.75, 3.05) is 4.72 Å². The van der Waals surface area contributed by atoms with Crippen molar-refractivity contribution >= 4 is 37.6 Å². The van der Waals surface area contributed by atoms with Crippen molar-refractivity contribution in [2.45, 2.75) is 11.5 Å². The molecule has 0 unspecified atom stereocenters. The number of ether oxygens (including phenoxy) is 1. The van der Waals surface area contributed by atoms with Crippen LogP contribution >= 0.6 is 15.9 Å². The fraction of sp³-hybridized carbons (Fsp3) is 0.0500. The molecule has 144 valence electrons. The molecule has 0 saturated carbocycles. The summed E-state index contributed by atoms with van der Waals surface area (Å²) in [5, 5.41) is 8.95. The van der Waals surface area contributed by atoms with E-state index in [0.717, 1.165) is 5.56 Å². The summed E-state index contributed by atoms with van der Waals surface area (Å²) in [7, 11) is -3.77. The molecule has 0 spiro atoms. The molecular weight excluding hydrogens is 446 g/mol. The third-order valence-corrected chi connectivity index (χ3v) is 5.71. The summed E-state index contributed by atoms with van der Waals surface area (Å²) in [6, 6.07) is 19.3. The molecule has 3 aromatic carbocycles. The highest BCUT2D eigenvalue weighted by atomic mass is 79.9. The number of aromatic carboxylic acids is 1. The van der Waals surface area contributed by atoms with Gasteiger partial charge in [0.2, 0.25) is 0 Å². The molecule has 0 aliphatic heterocycles. The average molecular weight is 462 g/mol. The Kier molecular flexibility index (Phi) is 6.01. The predicted molar refractivity (Wildman–Crippen MR) is 109 cm³/mol. The minimum Gasteiger partial charge on any atom is -0.487 e. The Hall–Kier alpha value is -2.84. The summed E-state index contributed by atoms with van der Waals surface area (Å²) < 4.78 is 34.2. The number of sulfonamides is 1. The molecule has 0 atom stereocenters. The number of nitrogens with one attached hydrogen (secondary N) is 1. The first-order valence-electron chi connectivity index (χ1n) is 8.17. The van der Waals surface area contributed by atoms with Crippen LogP contribution in [0.2, 0.25) is 0 Å². The van der Waals surface area contributed by atoms with Crippen molar-refractivity contribution in [3.63, 3.8) is 0 Å². The second-order valence-electron chi connectivity index (χ2n) is 5.85. The maximum absolute atomic E-state index is 12.6. The monoisotopic (exact) mass is 461 g/mol. The standard InChI is InChI=1S/C20H16BrNO5S/c21-16-10-11-19(27-13-14-6-8-15(9-7-14)20(23)24)18(12-16)22-28(25,26)17-4-2-1-3-5-17/h1-12,22H,13H2,(H,23,24). The second kappa shape index (κ2) is 8.45. The summed E-state index contributed by atoms with van der Waals surface area (Å²) in [6.07, 6.45) is 0. The maximum Gasteiger partial charge on any atom is 0.335 e. The number of rotatable bonds is 7. The van der Waals surface area contributed by atoms with E-state index in [1.807, 2.05) is 0 Å². The van der Waals surface area contributed by atoms with Crippen LogP contribution in [-0.4, -0.2) is 19.5 Å². The van der Waals surface area contributed by atoms with Gasteiger partial charge in [0.05, 0.1) is 16.1 Å². The quantitative estimate of drug-likeness (QED) is 0.539.